The molecule has 1 N–H and O–H groups in total. The van der Waals surface area contributed by atoms with Crippen LogP contribution in [0, 0.1) is 5.92 Å². The lowest BCUT2D eigenvalue weighted by atomic mass is 9.88. The van der Waals surface area contributed by atoms with Crippen molar-refractivity contribution in [1.82, 2.24) is 15.2 Å². The summed E-state index contributed by atoms with van der Waals surface area (Å²) in [6.45, 7) is 3.05. The second-order valence-electron chi connectivity index (χ2n) is 7.83. The van der Waals surface area contributed by atoms with E-state index in [0.717, 1.165) is 55.2 Å². The molecular weight excluding hydrogens is 394 g/mol. The van der Waals surface area contributed by atoms with Crippen molar-refractivity contribution in [3.05, 3.63) is 53.9 Å². The van der Waals surface area contributed by atoms with Crippen LogP contribution in [0.25, 0.3) is 0 Å². The zero-order valence-electron chi connectivity index (χ0n) is 18.7. The minimum absolute atomic E-state index is 0.0101. The molecule has 0 radical (unpaired) electrons. The van der Waals surface area contributed by atoms with Crippen LogP contribution >= 0.6 is 0 Å². The maximum Gasteiger partial charge on any atom is 0.222 e. The smallest absolute Gasteiger partial charge is 0.222 e. The Balaban J connectivity index is 1.75. The maximum atomic E-state index is 12.5. The SMILES string of the molecule is COCCC(=O)N[C@H](c1ccccn1)[C@@H]1CCCN(Cc2cccc(OC)c2OC)C1. The first kappa shape index (κ1) is 23.0. The molecule has 1 saturated heterocycles. The minimum atomic E-state index is -0.124. The number of carbonyl (C=O) groups is 1. The molecule has 7 heteroatoms. The Labute approximate surface area is 184 Å². The molecule has 1 aliphatic rings. The second-order valence-corrected chi connectivity index (χ2v) is 7.83. The number of aromatic nitrogens is 1. The van der Waals surface area contributed by atoms with Gasteiger partial charge in [0.25, 0.3) is 0 Å². The predicted octanol–water partition coefficient (Wildman–Crippen LogP) is 3.20. The van der Waals surface area contributed by atoms with Gasteiger partial charge in [0, 0.05) is 38.4 Å². The van der Waals surface area contributed by atoms with E-state index in [1.165, 1.54) is 0 Å². The van der Waals surface area contributed by atoms with Crippen molar-refractivity contribution in [2.45, 2.75) is 31.8 Å². The number of pyridine rings is 1. The van der Waals surface area contributed by atoms with Crippen LogP contribution < -0.4 is 14.8 Å². The van der Waals surface area contributed by atoms with Gasteiger partial charge in [-0.2, -0.15) is 0 Å². The van der Waals surface area contributed by atoms with Crippen LogP contribution in [-0.4, -0.2) is 56.8 Å². The normalized spacial score (nSPS) is 17.7. The van der Waals surface area contributed by atoms with Crippen molar-refractivity contribution in [2.24, 2.45) is 5.92 Å². The number of para-hydroxylation sites is 1. The molecule has 0 unspecified atom stereocenters. The third kappa shape index (κ3) is 6.18. The first-order valence-corrected chi connectivity index (χ1v) is 10.8. The van der Waals surface area contributed by atoms with Crippen molar-refractivity contribution in [1.29, 1.82) is 0 Å². The number of rotatable bonds is 10. The molecule has 7 nitrogen and oxygen atoms in total. The van der Waals surface area contributed by atoms with Gasteiger partial charge in [0.1, 0.15) is 0 Å². The number of likely N-dealkylation sites (tertiary alicyclic amines) is 1. The molecule has 2 heterocycles. The zero-order chi connectivity index (χ0) is 22.1. The Bertz CT molecular complexity index is 831. The van der Waals surface area contributed by atoms with Gasteiger partial charge in [-0.3, -0.25) is 14.7 Å². The molecule has 0 saturated carbocycles. The first-order valence-electron chi connectivity index (χ1n) is 10.8. The number of hydrogen-bond acceptors (Lipinski definition) is 6. The minimum Gasteiger partial charge on any atom is -0.493 e. The Morgan fingerprint density at radius 3 is 2.77 bits per heavy atom. The molecule has 0 spiro atoms. The Hall–Kier alpha value is -2.64. The van der Waals surface area contributed by atoms with Crippen molar-refractivity contribution in [2.75, 3.05) is 41.0 Å². The number of hydrogen-bond donors (Lipinski definition) is 1. The van der Waals surface area contributed by atoms with E-state index < -0.39 is 0 Å². The van der Waals surface area contributed by atoms with E-state index >= 15 is 0 Å². The highest BCUT2D eigenvalue weighted by Gasteiger charge is 2.30. The van der Waals surface area contributed by atoms with Crippen molar-refractivity contribution in [3.8, 4) is 11.5 Å². The lowest BCUT2D eigenvalue weighted by Crippen LogP contribution is -2.43. The van der Waals surface area contributed by atoms with Crippen LogP contribution in [0.1, 0.15) is 36.6 Å². The Kier molecular flexibility index (Phi) is 8.67. The van der Waals surface area contributed by atoms with Gasteiger partial charge in [-0.1, -0.05) is 18.2 Å². The largest absolute Gasteiger partial charge is 0.493 e. The number of nitrogens with zero attached hydrogens (tertiary/aromatic N) is 2. The van der Waals surface area contributed by atoms with Crippen molar-refractivity contribution >= 4 is 5.91 Å². The molecule has 2 atom stereocenters. The summed E-state index contributed by atoms with van der Waals surface area (Å²) in [5.41, 5.74) is 2.00. The van der Waals surface area contributed by atoms with Gasteiger partial charge in [-0.15, -0.1) is 0 Å². The van der Waals surface area contributed by atoms with Gasteiger partial charge in [0.05, 0.1) is 32.6 Å². The van der Waals surface area contributed by atoms with Gasteiger partial charge in [-0.05, 0) is 43.5 Å². The monoisotopic (exact) mass is 427 g/mol. The van der Waals surface area contributed by atoms with Crippen LogP contribution in [-0.2, 0) is 16.1 Å². The average molecular weight is 428 g/mol. The average Bonchev–Trinajstić information content (AvgIpc) is 2.81. The summed E-state index contributed by atoms with van der Waals surface area (Å²) in [4.78, 5) is 19.5. The molecule has 168 valence electrons. The van der Waals surface area contributed by atoms with E-state index in [1.54, 1.807) is 27.5 Å². The van der Waals surface area contributed by atoms with Crippen LogP contribution in [0.3, 0.4) is 0 Å². The fraction of sp³-hybridized carbons (Fsp3) is 0.500. The number of benzene rings is 1. The van der Waals surface area contributed by atoms with Crippen molar-refractivity contribution in [3.63, 3.8) is 0 Å². The van der Waals surface area contributed by atoms with Crippen LogP contribution in [0.2, 0.25) is 0 Å². The number of piperidine rings is 1. The highest BCUT2D eigenvalue weighted by molar-refractivity contribution is 5.76. The highest BCUT2D eigenvalue weighted by atomic mass is 16.5. The summed E-state index contributed by atoms with van der Waals surface area (Å²) in [6, 6.07) is 11.7. The van der Waals surface area contributed by atoms with E-state index in [0.29, 0.717) is 13.0 Å². The summed E-state index contributed by atoms with van der Waals surface area (Å²) in [5.74, 6) is 1.78. The molecular formula is C24H33N3O4. The molecule has 0 bridgehead atoms. The summed E-state index contributed by atoms with van der Waals surface area (Å²) >= 11 is 0. The molecule has 1 aromatic heterocycles. The Morgan fingerprint density at radius 2 is 2.06 bits per heavy atom. The van der Waals surface area contributed by atoms with Crippen LogP contribution in [0.15, 0.2) is 42.6 Å². The first-order chi connectivity index (χ1) is 15.2. The number of carbonyl (C=O) groups excluding carboxylic acids is 1. The second kappa shape index (κ2) is 11.7. The summed E-state index contributed by atoms with van der Waals surface area (Å²) in [7, 11) is 4.94. The van der Waals surface area contributed by atoms with Crippen molar-refractivity contribution < 1.29 is 19.0 Å². The van der Waals surface area contributed by atoms with E-state index in [1.807, 2.05) is 30.3 Å². The fourth-order valence-corrected chi connectivity index (χ4v) is 4.26. The quantitative estimate of drug-likeness (QED) is 0.628. The van der Waals surface area contributed by atoms with Gasteiger partial charge in [0.15, 0.2) is 11.5 Å². The zero-order valence-corrected chi connectivity index (χ0v) is 18.7. The molecule has 1 amide bonds. The number of nitrogens with one attached hydrogen (secondary N) is 1. The molecule has 0 aliphatic carbocycles. The van der Waals surface area contributed by atoms with Gasteiger partial charge < -0.3 is 19.5 Å². The lowest BCUT2D eigenvalue weighted by Gasteiger charge is -2.37. The van der Waals surface area contributed by atoms with E-state index in [9.17, 15) is 4.79 Å². The van der Waals surface area contributed by atoms with Crippen LogP contribution in [0.5, 0.6) is 11.5 Å². The van der Waals surface area contributed by atoms with E-state index in [4.69, 9.17) is 14.2 Å². The predicted molar refractivity (Wildman–Crippen MR) is 119 cm³/mol. The summed E-state index contributed by atoms with van der Waals surface area (Å²) in [6.07, 6.45) is 4.23. The number of ether oxygens (including phenoxy) is 3. The van der Waals surface area contributed by atoms with Gasteiger partial charge in [-0.25, -0.2) is 0 Å². The molecule has 1 fully saturated rings. The summed E-state index contributed by atoms with van der Waals surface area (Å²) < 4.78 is 16.1. The molecule has 2 aromatic rings. The van der Waals surface area contributed by atoms with Gasteiger partial charge >= 0.3 is 0 Å². The number of methoxy groups -OCH3 is 3. The molecule has 3 rings (SSSR count). The van der Waals surface area contributed by atoms with Gasteiger partial charge in [0.2, 0.25) is 5.91 Å². The number of amides is 1. The highest BCUT2D eigenvalue weighted by Crippen LogP contribution is 2.34. The maximum absolute atomic E-state index is 12.5. The van der Waals surface area contributed by atoms with E-state index in [2.05, 4.69) is 21.3 Å². The summed E-state index contributed by atoms with van der Waals surface area (Å²) in [5, 5.41) is 3.21. The third-order valence-corrected chi connectivity index (χ3v) is 5.75. The molecule has 31 heavy (non-hydrogen) atoms. The molecule has 1 aliphatic heterocycles. The molecule has 1 aromatic carbocycles. The lowest BCUT2D eigenvalue weighted by molar-refractivity contribution is -0.123. The standard InChI is InChI=1S/C24H33N3O4/c1-29-15-12-22(28)26-23(20-10-4-5-13-25-20)18-9-7-14-27(16-18)17-19-8-6-11-21(30-2)24(19)31-3/h4-6,8,10-11,13,18,23H,7,9,12,14-17H2,1-3H3,(H,26,28)/t18-,23+/m1/s1. The Morgan fingerprint density at radius 1 is 1.19 bits per heavy atom. The van der Waals surface area contributed by atoms with Crippen LogP contribution in [0.4, 0.5) is 0 Å². The third-order valence-electron chi connectivity index (χ3n) is 5.75. The topological polar surface area (TPSA) is 72.9 Å². The van der Waals surface area contributed by atoms with E-state index in [-0.39, 0.29) is 17.9 Å². The fourth-order valence-electron chi connectivity index (χ4n) is 4.26.